The number of halogens is 1. The van der Waals surface area contributed by atoms with Gasteiger partial charge in [0.15, 0.2) is 0 Å². The average molecular weight is 482 g/mol. The van der Waals surface area contributed by atoms with Gasteiger partial charge in [0.05, 0.1) is 4.90 Å². The van der Waals surface area contributed by atoms with Gasteiger partial charge in [-0.15, -0.1) is 0 Å². The van der Waals surface area contributed by atoms with Crippen molar-refractivity contribution in [2.45, 2.75) is 25.2 Å². The number of benzene rings is 2. The molecule has 0 saturated heterocycles. The molecule has 7 nitrogen and oxygen atoms in total. The molecule has 0 fully saturated rings. The number of nitrogens with zero attached hydrogens (tertiary/aromatic N) is 1. The van der Waals surface area contributed by atoms with Crippen LogP contribution in [0.5, 0.6) is 0 Å². The number of carbonyl (C=O) groups is 2. The van der Waals surface area contributed by atoms with Crippen LogP contribution in [-0.4, -0.2) is 44.2 Å². The van der Waals surface area contributed by atoms with Crippen molar-refractivity contribution in [1.82, 2.24) is 9.62 Å². The Morgan fingerprint density at radius 1 is 0.966 bits per heavy atom. The van der Waals surface area contributed by atoms with Gasteiger partial charge in [-0.1, -0.05) is 29.8 Å². The number of hydrogen-bond acceptors (Lipinski definition) is 4. The monoisotopic (exact) mass is 481 g/mol. The highest BCUT2D eigenvalue weighted by molar-refractivity contribution is 9.10. The molecular formula is C20H24BrN3O4S. The van der Waals surface area contributed by atoms with Gasteiger partial charge < -0.3 is 10.6 Å². The summed E-state index contributed by atoms with van der Waals surface area (Å²) in [7, 11) is -3.53. The summed E-state index contributed by atoms with van der Waals surface area (Å²) in [4.78, 5) is 24.3. The van der Waals surface area contributed by atoms with E-state index in [1.165, 1.54) is 16.4 Å². The van der Waals surface area contributed by atoms with E-state index in [2.05, 4.69) is 26.6 Å². The summed E-state index contributed by atoms with van der Waals surface area (Å²) >= 11 is 3.31. The predicted molar refractivity (Wildman–Crippen MR) is 116 cm³/mol. The molecule has 0 atom stereocenters. The van der Waals surface area contributed by atoms with Crippen molar-refractivity contribution in [3.8, 4) is 0 Å². The maximum atomic E-state index is 12.5. The van der Waals surface area contributed by atoms with Crippen LogP contribution in [-0.2, 0) is 14.8 Å². The summed E-state index contributed by atoms with van der Waals surface area (Å²) < 4.78 is 27.2. The molecule has 0 aliphatic carbocycles. The van der Waals surface area contributed by atoms with Crippen molar-refractivity contribution in [1.29, 1.82) is 0 Å². The van der Waals surface area contributed by atoms with Crippen LogP contribution in [0.1, 0.15) is 30.6 Å². The van der Waals surface area contributed by atoms with Crippen LogP contribution in [0.4, 0.5) is 5.69 Å². The summed E-state index contributed by atoms with van der Waals surface area (Å²) in [5.74, 6) is -0.531. The van der Waals surface area contributed by atoms with Crippen LogP contribution >= 0.6 is 15.9 Å². The van der Waals surface area contributed by atoms with Crippen molar-refractivity contribution in [2.75, 3.05) is 25.0 Å². The summed E-state index contributed by atoms with van der Waals surface area (Å²) in [6.45, 7) is 4.54. The second-order valence-electron chi connectivity index (χ2n) is 6.17. The minimum Gasteiger partial charge on any atom is -0.352 e. The van der Waals surface area contributed by atoms with Crippen LogP contribution in [0.15, 0.2) is 57.9 Å². The third-order valence-electron chi connectivity index (χ3n) is 4.23. The van der Waals surface area contributed by atoms with E-state index in [4.69, 9.17) is 0 Å². The Hall–Kier alpha value is -2.23. The van der Waals surface area contributed by atoms with E-state index in [1.54, 1.807) is 50.2 Å². The molecule has 0 aromatic heterocycles. The summed E-state index contributed by atoms with van der Waals surface area (Å²) in [5.41, 5.74) is 1.01. The minimum atomic E-state index is -3.53. The van der Waals surface area contributed by atoms with Crippen molar-refractivity contribution in [3.63, 3.8) is 0 Å². The van der Waals surface area contributed by atoms with Gasteiger partial charge in [0.1, 0.15) is 0 Å². The zero-order valence-electron chi connectivity index (χ0n) is 16.3. The molecule has 0 saturated carbocycles. The molecule has 2 aromatic rings. The highest BCUT2D eigenvalue weighted by Gasteiger charge is 2.21. The third-order valence-corrected chi connectivity index (χ3v) is 6.82. The average Bonchev–Trinajstić information content (AvgIpc) is 2.69. The van der Waals surface area contributed by atoms with Gasteiger partial charge >= 0.3 is 0 Å². The largest absolute Gasteiger partial charge is 0.352 e. The SMILES string of the molecule is CCN(CC)S(=O)(=O)c1ccc(NC(=O)CCNC(=O)c2ccc(Br)cc2)cc1. The first kappa shape index (κ1) is 23.1. The van der Waals surface area contributed by atoms with E-state index in [-0.39, 0.29) is 29.7 Å². The molecule has 2 N–H and O–H groups in total. The normalized spacial score (nSPS) is 11.3. The van der Waals surface area contributed by atoms with E-state index in [9.17, 15) is 18.0 Å². The highest BCUT2D eigenvalue weighted by Crippen LogP contribution is 2.18. The summed E-state index contributed by atoms with van der Waals surface area (Å²) in [6, 6.07) is 13.0. The quantitative estimate of drug-likeness (QED) is 0.574. The molecule has 0 unspecified atom stereocenters. The Morgan fingerprint density at radius 2 is 1.55 bits per heavy atom. The van der Waals surface area contributed by atoms with Crippen molar-refractivity contribution >= 4 is 43.5 Å². The van der Waals surface area contributed by atoms with Gasteiger partial charge in [0.2, 0.25) is 15.9 Å². The molecule has 0 radical (unpaired) electrons. The molecule has 156 valence electrons. The number of rotatable bonds is 9. The number of anilines is 1. The lowest BCUT2D eigenvalue weighted by Gasteiger charge is -2.18. The van der Waals surface area contributed by atoms with Gasteiger partial charge in [0.25, 0.3) is 5.91 Å². The topological polar surface area (TPSA) is 95.6 Å². The lowest BCUT2D eigenvalue weighted by molar-refractivity contribution is -0.116. The van der Waals surface area contributed by atoms with Crippen LogP contribution < -0.4 is 10.6 Å². The predicted octanol–water partition coefficient (Wildman–Crippen LogP) is 3.24. The molecule has 0 heterocycles. The smallest absolute Gasteiger partial charge is 0.251 e. The Labute approximate surface area is 179 Å². The Kier molecular flexibility index (Phi) is 8.36. The van der Waals surface area contributed by atoms with Gasteiger partial charge in [-0.05, 0) is 48.5 Å². The Bertz CT molecular complexity index is 941. The van der Waals surface area contributed by atoms with E-state index in [0.717, 1.165) is 4.47 Å². The van der Waals surface area contributed by atoms with E-state index in [0.29, 0.717) is 24.3 Å². The molecule has 29 heavy (non-hydrogen) atoms. The molecule has 0 aliphatic heterocycles. The maximum Gasteiger partial charge on any atom is 0.251 e. The highest BCUT2D eigenvalue weighted by atomic mass is 79.9. The first-order valence-corrected chi connectivity index (χ1v) is 11.4. The first-order valence-electron chi connectivity index (χ1n) is 9.21. The molecule has 0 bridgehead atoms. The fourth-order valence-corrected chi connectivity index (χ4v) is 4.36. The molecule has 9 heteroatoms. The molecule has 0 aliphatic rings. The van der Waals surface area contributed by atoms with Crippen molar-refractivity contribution < 1.29 is 18.0 Å². The number of sulfonamides is 1. The molecule has 2 aromatic carbocycles. The van der Waals surface area contributed by atoms with Crippen LogP contribution in [0, 0.1) is 0 Å². The van der Waals surface area contributed by atoms with Crippen LogP contribution in [0.3, 0.4) is 0 Å². The molecule has 2 rings (SSSR count). The zero-order valence-corrected chi connectivity index (χ0v) is 18.7. The molecule has 0 spiro atoms. The second kappa shape index (κ2) is 10.5. The standard InChI is InChI=1S/C20H24BrN3O4S/c1-3-24(4-2)29(27,28)18-11-9-17(10-12-18)23-19(25)13-14-22-20(26)15-5-7-16(21)8-6-15/h5-12H,3-4,13-14H2,1-2H3,(H,22,26)(H,23,25). The summed E-state index contributed by atoms with van der Waals surface area (Å²) in [6.07, 6.45) is 0.0990. The number of carbonyl (C=O) groups excluding carboxylic acids is 2. The lowest BCUT2D eigenvalue weighted by atomic mass is 10.2. The van der Waals surface area contributed by atoms with Crippen molar-refractivity contribution in [3.05, 3.63) is 58.6 Å². The van der Waals surface area contributed by atoms with Gasteiger partial charge in [0, 0.05) is 41.8 Å². The fraction of sp³-hybridized carbons (Fsp3) is 0.300. The molecule has 2 amide bonds. The minimum absolute atomic E-state index is 0.0990. The van der Waals surface area contributed by atoms with E-state index in [1.807, 2.05) is 0 Å². The number of amides is 2. The zero-order chi connectivity index (χ0) is 21.4. The van der Waals surface area contributed by atoms with Gasteiger partial charge in [-0.25, -0.2) is 8.42 Å². The van der Waals surface area contributed by atoms with E-state index < -0.39 is 10.0 Å². The van der Waals surface area contributed by atoms with Crippen LogP contribution in [0.2, 0.25) is 0 Å². The third kappa shape index (κ3) is 6.38. The maximum absolute atomic E-state index is 12.5. The van der Waals surface area contributed by atoms with Gasteiger partial charge in [-0.3, -0.25) is 9.59 Å². The first-order chi connectivity index (χ1) is 13.8. The van der Waals surface area contributed by atoms with Gasteiger partial charge in [-0.2, -0.15) is 4.31 Å². The number of hydrogen-bond donors (Lipinski definition) is 2. The summed E-state index contributed by atoms with van der Waals surface area (Å²) in [5, 5.41) is 5.38. The lowest BCUT2D eigenvalue weighted by Crippen LogP contribution is -2.30. The second-order valence-corrected chi connectivity index (χ2v) is 9.03. The Morgan fingerprint density at radius 3 is 2.10 bits per heavy atom. The van der Waals surface area contributed by atoms with Crippen LogP contribution in [0.25, 0.3) is 0 Å². The van der Waals surface area contributed by atoms with E-state index >= 15 is 0 Å². The fourth-order valence-electron chi connectivity index (χ4n) is 2.64. The number of nitrogens with one attached hydrogen (secondary N) is 2. The Balaban J connectivity index is 1.86. The molecular weight excluding hydrogens is 458 g/mol. The van der Waals surface area contributed by atoms with Crippen molar-refractivity contribution in [2.24, 2.45) is 0 Å².